The molecule has 0 heterocycles. The van der Waals surface area contributed by atoms with Gasteiger partial charge in [-0.3, -0.25) is 0 Å². The van der Waals surface area contributed by atoms with Gasteiger partial charge in [0.15, 0.2) is 0 Å². The van der Waals surface area contributed by atoms with Gasteiger partial charge in [-0.1, -0.05) is 50.6 Å². The van der Waals surface area contributed by atoms with Crippen LogP contribution in [-0.2, 0) is 11.3 Å². The molecule has 78 valence electrons. The summed E-state index contributed by atoms with van der Waals surface area (Å²) in [6, 6.07) is 8.49. The predicted octanol–water partition coefficient (Wildman–Crippen LogP) is 3.56. The highest BCUT2D eigenvalue weighted by Gasteiger charge is 2.09. The van der Waals surface area contributed by atoms with Crippen LogP contribution in [0.2, 0.25) is 0 Å². The highest BCUT2D eigenvalue weighted by atomic mass is 16.5. The van der Waals surface area contributed by atoms with E-state index in [2.05, 4.69) is 52.0 Å². The average Bonchev–Trinajstić information content (AvgIpc) is 2.06. The number of hydrogen-bond donors (Lipinski definition) is 0. The van der Waals surface area contributed by atoms with Gasteiger partial charge in [0, 0.05) is 0 Å². The van der Waals surface area contributed by atoms with E-state index in [1.807, 2.05) is 0 Å². The molecule has 1 aromatic rings. The van der Waals surface area contributed by atoms with Crippen LogP contribution in [0.1, 0.15) is 31.9 Å². The van der Waals surface area contributed by atoms with Gasteiger partial charge in [0.2, 0.25) is 0 Å². The predicted molar refractivity (Wildman–Crippen MR) is 60.3 cm³/mol. The van der Waals surface area contributed by atoms with Crippen LogP contribution in [0.4, 0.5) is 0 Å². The largest absolute Gasteiger partial charge is 0.376 e. The second kappa shape index (κ2) is 4.61. The molecule has 0 amide bonds. The summed E-state index contributed by atoms with van der Waals surface area (Å²) in [5.41, 5.74) is 2.80. The Balaban J connectivity index is 2.35. The molecule has 1 heteroatoms. The summed E-state index contributed by atoms with van der Waals surface area (Å²) < 4.78 is 5.62. The van der Waals surface area contributed by atoms with Crippen LogP contribution in [0.5, 0.6) is 0 Å². The molecular formula is C13H20O. The number of aryl methyl sites for hydroxylation is 1. The number of benzene rings is 1. The van der Waals surface area contributed by atoms with Gasteiger partial charge in [-0.2, -0.15) is 0 Å². The Morgan fingerprint density at radius 2 is 1.64 bits per heavy atom. The Morgan fingerprint density at radius 1 is 1.07 bits per heavy atom. The molecule has 1 aromatic carbocycles. The molecule has 1 rings (SSSR count). The van der Waals surface area contributed by atoms with Crippen molar-refractivity contribution in [3.63, 3.8) is 0 Å². The molecule has 0 bridgehead atoms. The molecule has 0 aliphatic carbocycles. The van der Waals surface area contributed by atoms with Gasteiger partial charge < -0.3 is 4.74 Å². The quantitative estimate of drug-likeness (QED) is 0.711. The van der Waals surface area contributed by atoms with E-state index < -0.39 is 0 Å². The Morgan fingerprint density at radius 3 is 2.14 bits per heavy atom. The normalized spacial score (nSPS) is 11.7. The first kappa shape index (κ1) is 11.3. The average molecular weight is 192 g/mol. The monoisotopic (exact) mass is 192 g/mol. The van der Waals surface area contributed by atoms with Gasteiger partial charge in [-0.05, 0) is 17.9 Å². The van der Waals surface area contributed by atoms with E-state index >= 15 is 0 Å². The maximum atomic E-state index is 5.62. The first-order valence-electron chi connectivity index (χ1n) is 5.11. The molecule has 1 nitrogen and oxygen atoms in total. The maximum absolute atomic E-state index is 5.62. The van der Waals surface area contributed by atoms with Crippen LogP contribution >= 0.6 is 0 Å². The minimum Gasteiger partial charge on any atom is -0.376 e. The molecule has 0 N–H and O–H groups in total. The highest BCUT2D eigenvalue weighted by Crippen LogP contribution is 2.14. The topological polar surface area (TPSA) is 9.23 Å². The first-order chi connectivity index (χ1) is 6.47. The van der Waals surface area contributed by atoms with Crippen molar-refractivity contribution in [1.29, 1.82) is 0 Å². The van der Waals surface area contributed by atoms with Crippen LogP contribution in [0, 0.1) is 12.3 Å². The van der Waals surface area contributed by atoms with Crippen molar-refractivity contribution in [1.82, 2.24) is 0 Å². The fourth-order valence-electron chi connectivity index (χ4n) is 1.16. The molecule has 0 saturated heterocycles. The van der Waals surface area contributed by atoms with Crippen LogP contribution in [0.15, 0.2) is 24.3 Å². The summed E-state index contributed by atoms with van der Waals surface area (Å²) in [5.74, 6) is 0. The zero-order valence-electron chi connectivity index (χ0n) is 9.63. The minimum atomic E-state index is 0.255. The zero-order chi connectivity index (χ0) is 10.6. The zero-order valence-corrected chi connectivity index (χ0v) is 9.63. The van der Waals surface area contributed by atoms with Crippen molar-refractivity contribution in [3.05, 3.63) is 35.4 Å². The van der Waals surface area contributed by atoms with E-state index in [0.717, 1.165) is 13.2 Å². The van der Waals surface area contributed by atoms with Crippen LogP contribution in [0.3, 0.4) is 0 Å². The second-order valence-corrected chi connectivity index (χ2v) is 5.04. The van der Waals surface area contributed by atoms with Gasteiger partial charge in [-0.25, -0.2) is 0 Å². The van der Waals surface area contributed by atoms with E-state index in [9.17, 15) is 0 Å². The third kappa shape index (κ3) is 4.43. The fourth-order valence-corrected chi connectivity index (χ4v) is 1.16. The molecule has 0 unspecified atom stereocenters. The van der Waals surface area contributed by atoms with Crippen LogP contribution in [0.25, 0.3) is 0 Å². The molecule has 0 aromatic heterocycles. The third-order valence-electron chi connectivity index (χ3n) is 1.92. The van der Waals surface area contributed by atoms with Crippen molar-refractivity contribution in [2.45, 2.75) is 34.3 Å². The van der Waals surface area contributed by atoms with Crippen molar-refractivity contribution >= 4 is 0 Å². The Bertz CT molecular complexity index is 266. The molecule has 14 heavy (non-hydrogen) atoms. The lowest BCUT2D eigenvalue weighted by atomic mass is 9.99. The van der Waals surface area contributed by atoms with Gasteiger partial charge in [0.25, 0.3) is 0 Å². The molecule has 0 radical (unpaired) electrons. The SMILES string of the molecule is Cc1ccc(COCC(C)(C)C)cc1. The van der Waals surface area contributed by atoms with Gasteiger partial charge >= 0.3 is 0 Å². The maximum Gasteiger partial charge on any atom is 0.0717 e. The summed E-state index contributed by atoms with van der Waals surface area (Å²) in [6.45, 7) is 10.2. The first-order valence-corrected chi connectivity index (χ1v) is 5.11. The molecular weight excluding hydrogens is 172 g/mol. The summed E-state index contributed by atoms with van der Waals surface area (Å²) in [6.07, 6.45) is 0. The van der Waals surface area contributed by atoms with Crippen molar-refractivity contribution in [2.75, 3.05) is 6.61 Å². The van der Waals surface area contributed by atoms with E-state index in [-0.39, 0.29) is 5.41 Å². The fraction of sp³-hybridized carbons (Fsp3) is 0.538. The van der Waals surface area contributed by atoms with E-state index in [4.69, 9.17) is 4.74 Å². The van der Waals surface area contributed by atoms with E-state index in [0.29, 0.717) is 0 Å². The smallest absolute Gasteiger partial charge is 0.0717 e. The summed E-state index contributed by atoms with van der Waals surface area (Å²) in [4.78, 5) is 0. The molecule has 0 aliphatic rings. The van der Waals surface area contributed by atoms with Gasteiger partial charge in [0.1, 0.15) is 0 Å². The van der Waals surface area contributed by atoms with Crippen LogP contribution in [-0.4, -0.2) is 6.61 Å². The molecule has 0 fully saturated rings. The highest BCUT2D eigenvalue weighted by molar-refractivity contribution is 5.20. The summed E-state index contributed by atoms with van der Waals surface area (Å²) >= 11 is 0. The lowest BCUT2D eigenvalue weighted by Gasteiger charge is -2.17. The van der Waals surface area contributed by atoms with Crippen LogP contribution < -0.4 is 0 Å². The standard InChI is InChI=1S/C13H20O/c1-11-5-7-12(8-6-11)9-14-10-13(2,3)4/h5-8H,9-10H2,1-4H3. The van der Waals surface area contributed by atoms with Gasteiger partial charge in [-0.15, -0.1) is 0 Å². The van der Waals surface area contributed by atoms with E-state index in [1.54, 1.807) is 0 Å². The van der Waals surface area contributed by atoms with Crippen molar-refractivity contribution in [2.24, 2.45) is 5.41 Å². The minimum absolute atomic E-state index is 0.255. The summed E-state index contributed by atoms with van der Waals surface area (Å²) in [7, 11) is 0. The number of ether oxygens (including phenoxy) is 1. The van der Waals surface area contributed by atoms with Gasteiger partial charge in [0.05, 0.1) is 13.2 Å². The second-order valence-electron chi connectivity index (χ2n) is 5.04. The lowest BCUT2D eigenvalue weighted by molar-refractivity contribution is 0.0599. The lowest BCUT2D eigenvalue weighted by Crippen LogP contribution is -2.14. The molecule has 0 saturated carbocycles. The summed E-state index contributed by atoms with van der Waals surface area (Å²) in [5, 5.41) is 0. The Kier molecular flexibility index (Phi) is 3.70. The van der Waals surface area contributed by atoms with Crippen molar-refractivity contribution in [3.8, 4) is 0 Å². The van der Waals surface area contributed by atoms with Crippen molar-refractivity contribution < 1.29 is 4.74 Å². The molecule has 0 aliphatic heterocycles. The molecule has 0 atom stereocenters. The van der Waals surface area contributed by atoms with E-state index in [1.165, 1.54) is 11.1 Å². The Labute approximate surface area is 87.1 Å². The third-order valence-corrected chi connectivity index (χ3v) is 1.92. The Hall–Kier alpha value is -0.820. The number of rotatable bonds is 3. The number of hydrogen-bond acceptors (Lipinski definition) is 1. The molecule has 0 spiro atoms.